The van der Waals surface area contributed by atoms with Gasteiger partial charge in [0.15, 0.2) is 11.6 Å². The monoisotopic (exact) mass is 359 g/mol. The molecule has 0 saturated carbocycles. The van der Waals surface area contributed by atoms with Gasteiger partial charge in [0, 0.05) is 22.6 Å². The Hall–Kier alpha value is -1.40. The van der Waals surface area contributed by atoms with E-state index in [2.05, 4.69) is 21.2 Å². The van der Waals surface area contributed by atoms with Crippen LogP contribution in [0, 0.1) is 11.6 Å². The van der Waals surface area contributed by atoms with Crippen molar-refractivity contribution in [1.82, 2.24) is 5.32 Å². The molecule has 0 spiro atoms. The molecule has 2 rings (SSSR count). The molecule has 0 fully saturated rings. The second kappa shape index (κ2) is 7.04. The number of benzene rings is 1. The summed E-state index contributed by atoms with van der Waals surface area (Å²) in [5, 5.41) is 3.26. The molecule has 3 nitrogen and oxygen atoms in total. The fourth-order valence-electron chi connectivity index (χ4n) is 1.75. The third-order valence-electron chi connectivity index (χ3n) is 2.86. The summed E-state index contributed by atoms with van der Waals surface area (Å²) in [6.45, 7) is 4.74. The van der Waals surface area contributed by atoms with Crippen LogP contribution in [-0.2, 0) is 13.2 Å². The molecule has 0 atom stereocenters. The Kier molecular flexibility index (Phi) is 5.36. The number of furan rings is 1. The first-order chi connectivity index (χ1) is 9.97. The second-order valence-corrected chi connectivity index (χ2v) is 5.81. The van der Waals surface area contributed by atoms with Gasteiger partial charge in [0.1, 0.15) is 12.4 Å². The lowest BCUT2D eigenvalue weighted by atomic mass is 10.2. The molecule has 0 bridgehead atoms. The summed E-state index contributed by atoms with van der Waals surface area (Å²) >= 11 is 3.10. The van der Waals surface area contributed by atoms with Crippen LogP contribution in [0.2, 0.25) is 0 Å². The third-order valence-corrected chi connectivity index (χ3v) is 3.31. The highest BCUT2D eigenvalue weighted by atomic mass is 79.9. The van der Waals surface area contributed by atoms with Crippen molar-refractivity contribution in [1.29, 1.82) is 0 Å². The number of nitrogens with one attached hydrogen (secondary N) is 1. The van der Waals surface area contributed by atoms with Crippen LogP contribution in [0.15, 0.2) is 33.4 Å². The lowest BCUT2D eigenvalue weighted by molar-refractivity contribution is 0.252. The molecular weight excluding hydrogens is 344 g/mol. The number of halogens is 3. The van der Waals surface area contributed by atoms with Crippen molar-refractivity contribution in [3.63, 3.8) is 0 Å². The highest BCUT2D eigenvalue weighted by Crippen LogP contribution is 2.26. The van der Waals surface area contributed by atoms with Gasteiger partial charge in [-0.3, -0.25) is 0 Å². The van der Waals surface area contributed by atoms with Crippen LogP contribution < -0.4 is 10.1 Å². The summed E-state index contributed by atoms with van der Waals surface area (Å²) in [5.41, 5.74) is 0.930. The zero-order valence-corrected chi connectivity index (χ0v) is 13.3. The van der Waals surface area contributed by atoms with Crippen molar-refractivity contribution in [3.05, 3.63) is 51.9 Å². The molecule has 2 aromatic rings. The van der Waals surface area contributed by atoms with Crippen LogP contribution in [0.25, 0.3) is 0 Å². The van der Waals surface area contributed by atoms with E-state index in [1.165, 1.54) is 6.07 Å². The molecule has 0 amide bonds. The molecule has 0 aliphatic carbocycles. The minimum Gasteiger partial charge on any atom is -0.482 e. The van der Waals surface area contributed by atoms with Crippen LogP contribution in [0.3, 0.4) is 0 Å². The summed E-state index contributed by atoms with van der Waals surface area (Å²) < 4.78 is 37.9. The summed E-state index contributed by atoms with van der Waals surface area (Å²) in [4.78, 5) is 0. The van der Waals surface area contributed by atoms with E-state index in [0.717, 1.165) is 11.6 Å². The molecule has 0 radical (unpaired) electrons. The van der Waals surface area contributed by atoms with Crippen LogP contribution in [0.1, 0.15) is 25.2 Å². The van der Waals surface area contributed by atoms with Crippen LogP contribution in [0.5, 0.6) is 5.75 Å². The average Bonchev–Trinajstić information content (AvgIpc) is 2.86. The number of hydrogen-bond acceptors (Lipinski definition) is 3. The molecule has 0 aliphatic heterocycles. The summed E-state index contributed by atoms with van der Waals surface area (Å²) in [6, 6.07) is 4.59. The standard InChI is InChI=1S/C15H16BrF2NO2/c1-9(2)19-7-10-3-4-20-14(10)8-21-13-6-11(16)5-12(17)15(13)18/h3-6,9,19H,7-8H2,1-2H3. The minimum absolute atomic E-state index is 0.0366. The Bertz CT molecular complexity index is 614. The highest BCUT2D eigenvalue weighted by Gasteiger charge is 2.13. The lowest BCUT2D eigenvalue weighted by Crippen LogP contribution is -2.22. The number of rotatable bonds is 6. The number of ether oxygens (including phenoxy) is 1. The predicted molar refractivity (Wildman–Crippen MR) is 79.1 cm³/mol. The maximum Gasteiger partial charge on any atom is 0.200 e. The van der Waals surface area contributed by atoms with Gasteiger partial charge in [-0.2, -0.15) is 4.39 Å². The summed E-state index contributed by atoms with van der Waals surface area (Å²) in [6.07, 6.45) is 1.55. The zero-order valence-electron chi connectivity index (χ0n) is 11.8. The topological polar surface area (TPSA) is 34.4 Å². The fourth-order valence-corrected chi connectivity index (χ4v) is 2.15. The normalized spacial score (nSPS) is 11.1. The Balaban J connectivity index is 2.05. The molecule has 114 valence electrons. The molecule has 1 heterocycles. The first-order valence-electron chi connectivity index (χ1n) is 6.53. The maximum absolute atomic E-state index is 13.6. The Labute approximate surface area is 130 Å². The predicted octanol–water partition coefficient (Wildman–Crippen LogP) is 4.40. The molecule has 6 heteroatoms. The van der Waals surface area contributed by atoms with Crippen LogP contribution in [0.4, 0.5) is 8.78 Å². The second-order valence-electron chi connectivity index (χ2n) is 4.89. The molecular formula is C15H16BrF2NO2. The molecule has 1 aromatic carbocycles. The third kappa shape index (κ3) is 4.28. The lowest BCUT2D eigenvalue weighted by Gasteiger charge is -2.10. The van der Waals surface area contributed by atoms with E-state index >= 15 is 0 Å². The van der Waals surface area contributed by atoms with Crippen molar-refractivity contribution in [2.45, 2.75) is 33.0 Å². The first-order valence-corrected chi connectivity index (χ1v) is 7.32. The van der Waals surface area contributed by atoms with E-state index in [1.807, 2.05) is 19.9 Å². The fraction of sp³-hybridized carbons (Fsp3) is 0.333. The number of hydrogen-bond donors (Lipinski definition) is 1. The zero-order chi connectivity index (χ0) is 15.4. The SMILES string of the molecule is CC(C)NCc1ccoc1COc1cc(Br)cc(F)c1F. The Morgan fingerprint density at radius 1 is 1.33 bits per heavy atom. The van der Waals surface area contributed by atoms with E-state index in [1.54, 1.807) is 6.26 Å². The van der Waals surface area contributed by atoms with E-state index in [-0.39, 0.29) is 12.4 Å². The van der Waals surface area contributed by atoms with Gasteiger partial charge in [-0.05, 0) is 18.2 Å². The van der Waals surface area contributed by atoms with Gasteiger partial charge in [-0.25, -0.2) is 4.39 Å². The smallest absolute Gasteiger partial charge is 0.200 e. The van der Waals surface area contributed by atoms with Gasteiger partial charge < -0.3 is 14.5 Å². The van der Waals surface area contributed by atoms with Crippen molar-refractivity contribution in [2.24, 2.45) is 0 Å². The van der Waals surface area contributed by atoms with Gasteiger partial charge >= 0.3 is 0 Å². The van der Waals surface area contributed by atoms with Crippen molar-refractivity contribution < 1.29 is 17.9 Å². The quantitative estimate of drug-likeness (QED) is 0.776. The van der Waals surface area contributed by atoms with Gasteiger partial charge in [-0.15, -0.1) is 0 Å². The van der Waals surface area contributed by atoms with E-state index in [0.29, 0.717) is 22.8 Å². The van der Waals surface area contributed by atoms with E-state index in [4.69, 9.17) is 9.15 Å². The molecule has 0 unspecified atom stereocenters. The minimum atomic E-state index is -1.01. The maximum atomic E-state index is 13.6. The van der Waals surface area contributed by atoms with Gasteiger partial charge in [0.25, 0.3) is 0 Å². The average molecular weight is 360 g/mol. The highest BCUT2D eigenvalue weighted by molar-refractivity contribution is 9.10. The van der Waals surface area contributed by atoms with Crippen LogP contribution >= 0.6 is 15.9 Å². The summed E-state index contributed by atoms with van der Waals surface area (Å²) in [5.74, 6) is -1.53. The van der Waals surface area contributed by atoms with Gasteiger partial charge in [0.05, 0.1) is 6.26 Å². The van der Waals surface area contributed by atoms with Gasteiger partial charge in [0.2, 0.25) is 5.82 Å². The first kappa shape index (κ1) is 16.0. The van der Waals surface area contributed by atoms with E-state index in [9.17, 15) is 8.78 Å². The van der Waals surface area contributed by atoms with Crippen molar-refractivity contribution in [2.75, 3.05) is 0 Å². The largest absolute Gasteiger partial charge is 0.482 e. The van der Waals surface area contributed by atoms with Crippen molar-refractivity contribution in [3.8, 4) is 5.75 Å². The Morgan fingerprint density at radius 2 is 2.10 bits per heavy atom. The molecule has 1 N–H and O–H groups in total. The summed E-state index contributed by atoms with van der Waals surface area (Å²) in [7, 11) is 0. The van der Waals surface area contributed by atoms with Gasteiger partial charge in [-0.1, -0.05) is 29.8 Å². The van der Waals surface area contributed by atoms with E-state index < -0.39 is 11.6 Å². The van der Waals surface area contributed by atoms with Crippen molar-refractivity contribution >= 4 is 15.9 Å². The molecule has 1 aromatic heterocycles. The molecule has 0 aliphatic rings. The molecule has 21 heavy (non-hydrogen) atoms. The van der Waals surface area contributed by atoms with Crippen LogP contribution in [-0.4, -0.2) is 6.04 Å². The molecule has 0 saturated heterocycles. The Morgan fingerprint density at radius 3 is 2.81 bits per heavy atom.